The largest absolute Gasteiger partial charge is 0.360 e. The van der Waals surface area contributed by atoms with Gasteiger partial charge in [0.05, 0.1) is 0 Å². The van der Waals surface area contributed by atoms with Crippen LogP contribution >= 0.6 is 0 Å². The Hall–Kier alpha value is -1.57. The lowest BCUT2D eigenvalue weighted by atomic mass is 10.1. The van der Waals surface area contributed by atoms with Gasteiger partial charge in [-0.25, -0.2) is 0 Å². The summed E-state index contributed by atoms with van der Waals surface area (Å²) in [6.07, 6.45) is 2.64. The molecule has 2 aromatic rings. The van der Waals surface area contributed by atoms with Crippen LogP contribution in [0.1, 0.15) is 21.5 Å². The highest BCUT2D eigenvalue weighted by molar-refractivity contribution is 5.98. The zero-order chi connectivity index (χ0) is 9.42. The van der Waals surface area contributed by atoms with E-state index in [0.717, 1.165) is 22.8 Å². The standard InChI is InChI=1S/C11H11NO/c1-7-3-4-10-9(6-13)5-12-11(10)8(7)2/h3-6,12H,1-2H3. The van der Waals surface area contributed by atoms with Crippen LogP contribution in [-0.4, -0.2) is 11.3 Å². The number of aromatic amines is 1. The molecule has 2 heteroatoms. The van der Waals surface area contributed by atoms with E-state index in [1.807, 2.05) is 12.1 Å². The fourth-order valence-corrected chi connectivity index (χ4v) is 1.57. The fraction of sp³-hybridized carbons (Fsp3) is 0.182. The number of hydrogen-bond acceptors (Lipinski definition) is 1. The van der Waals surface area contributed by atoms with Crippen LogP contribution in [0.15, 0.2) is 18.3 Å². The molecule has 0 unspecified atom stereocenters. The molecular weight excluding hydrogens is 162 g/mol. The van der Waals surface area contributed by atoms with E-state index < -0.39 is 0 Å². The van der Waals surface area contributed by atoms with Crippen molar-refractivity contribution >= 4 is 17.2 Å². The maximum Gasteiger partial charge on any atom is 0.152 e. The van der Waals surface area contributed by atoms with Crippen LogP contribution in [0.3, 0.4) is 0 Å². The highest BCUT2D eigenvalue weighted by Gasteiger charge is 2.05. The number of H-pyrrole nitrogens is 1. The minimum atomic E-state index is 0.734. The predicted molar refractivity (Wildman–Crippen MR) is 53.2 cm³/mol. The summed E-state index contributed by atoms with van der Waals surface area (Å²) in [7, 11) is 0. The third-order valence-electron chi connectivity index (χ3n) is 2.55. The van der Waals surface area contributed by atoms with Crippen molar-refractivity contribution < 1.29 is 4.79 Å². The number of benzene rings is 1. The number of aldehydes is 1. The second kappa shape index (κ2) is 2.73. The number of aryl methyl sites for hydroxylation is 2. The maximum absolute atomic E-state index is 10.7. The predicted octanol–water partition coefficient (Wildman–Crippen LogP) is 2.60. The van der Waals surface area contributed by atoms with E-state index in [9.17, 15) is 4.79 Å². The molecule has 0 aliphatic carbocycles. The highest BCUT2D eigenvalue weighted by atomic mass is 16.1. The summed E-state index contributed by atoms with van der Waals surface area (Å²) in [5.74, 6) is 0. The minimum Gasteiger partial charge on any atom is -0.360 e. The molecule has 66 valence electrons. The SMILES string of the molecule is Cc1ccc2c(C=O)c[nH]c2c1C. The van der Waals surface area contributed by atoms with E-state index >= 15 is 0 Å². The van der Waals surface area contributed by atoms with E-state index in [2.05, 4.69) is 18.8 Å². The Morgan fingerprint density at radius 2 is 2.08 bits per heavy atom. The lowest BCUT2D eigenvalue weighted by molar-refractivity contribution is 0.112. The fourth-order valence-electron chi connectivity index (χ4n) is 1.57. The number of carbonyl (C=O) groups is 1. The Morgan fingerprint density at radius 3 is 2.77 bits per heavy atom. The van der Waals surface area contributed by atoms with Crippen molar-refractivity contribution in [3.05, 3.63) is 35.0 Å². The van der Waals surface area contributed by atoms with Crippen LogP contribution in [0.25, 0.3) is 10.9 Å². The summed E-state index contributed by atoms with van der Waals surface area (Å²) in [5.41, 5.74) is 4.26. The number of aromatic nitrogens is 1. The molecule has 1 N–H and O–H groups in total. The molecule has 1 heterocycles. The van der Waals surface area contributed by atoms with Gasteiger partial charge in [0.1, 0.15) is 0 Å². The van der Waals surface area contributed by atoms with E-state index in [1.165, 1.54) is 11.1 Å². The van der Waals surface area contributed by atoms with E-state index in [0.29, 0.717) is 0 Å². The zero-order valence-corrected chi connectivity index (χ0v) is 7.72. The Kier molecular flexibility index (Phi) is 1.69. The number of hydrogen-bond donors (Lipinski definition) is 1. The van der Waals surface area contributed by atoms with Gasteiger partial charge in [-0.1, -0.05) is 12.1 Å². The number of rotatable bonds is 1. The lowest BCUT2D eigenvalue weighted by Crippen LogP contribution is -1.82. The number of carbonyl (C=O) groups excluding carboxylic acids is 1. The molecule has 0 aliphatic heterocycles. The second-order valence-corrected chi connectivity index (χ2v) is 3.29. The van der Waals surface area contributed by atoms with Gasteiger partial charge in [-0.2, -0.15) is 0 Å². The quantitative estimate of drug-likeness (QED) is 0.660. The molecular formula is C11H11NO. The maximum atomic E-state index is 10.7. The normalized spacial score (nSPS) is 10.6. The summed E-state index contributed by atoms with van der Waals surface area (Å²) in [6.45, 7) is 4.12. The first kappa shape index (κ1) is 8.05. The second-order valence-electron chi connectivity index (χ2n) is 3.29. The van der Waals surface area contributed by atoms with E-state index in [1.54, 1.807) is 6.20 Å². The van der Waals surface area contributed by atoms with Gasteiger partial charge >= 0.3 is 0 Å². The molecule has 0 atom stereocenters. The Labute approximate surface area is 76.6 Å². The van der Waals surface area contributed by atoms with Crippen LogP contribution in [0.4, 0.5) is 0 Å². The van der Waals surface area contributed by atoms with Crippen molar-refractivity contribution in [2.24, 2.45) is 0 Å². The molecule has 13 heavy (non-hydrogen) atoms. The van der Waals surface area contributed by atoms with Crippen LogP contribution in [0, 0.1) is 13.8 Å². The van der Waals surface area contributed by atoms with Gasteiger partial charge in [0.25, 0.3) is 0 Å². The molecule has 2 rings (SSSR count). The van der Waals surface area contributed by atoms with Gasteiger partial charge in [0.2, 0.25) is 0 Å². The van der Waals surface area contributed by atoms with Crippen LogP contribution < -0.4 is 0 Å². The van der Waals surface area contributed by atoms with Crippen LogP contribution in [0.2, 0.25) is 0 Å². The zero-order valence-electron chi connectivity index (χ0n) is 7.72. The third-order valence-corrected chi connectivity index (χ3v) is 2.55. The molecule has 0 amide bonds. The smallest absolute Gasteiger partial charge is 0.152 e. The summed E-state index contributed by atoms with van der Waals surface area (Å²) in [4.78, 5) is 13.8. The average molecular weight is 173 g/mol. The van der Waals surface area contributed by atoms with Gasteiger partial charge in [-0.3, -0.25) is 4.79 Å². The van der Waals surface area contributed by atoms with Crippen molar-refractivity contribution in [1.82, 2.24) is 4.98 Å². The van der Waals surface area contributed by atoms with Crippen molar-refractivity contribution in [3.63, 3.8) is 0 Å². The summed E-state index contributed by atoms with van der Waals surface area (Å²) in [5, 5.41) is 1.01. The van der Waals surface area contributed by atoms with Crippen molar-refractivity contribution in [1.29, 1.82) is 0 Å². The number of fused-ring (bicyclic) bond motifs is 1. The van der Waals surface area contributed by atoms with Gasteiger partial charge in [-0.05, 0) is 25.0 Å². The molecule has 2 nitrogen and oxygen atoms in total. The number of nitrogens with one attached hydrogen (secondary N) is 1. The highest BCUT2D eigenvalue weighted by Crippen LogP contribution is 2.22. The molecule has 0 spiro atoms. The molecule has 0 fully saturated rings. The van der Waals surface area contributed by atoms with Gasteiger partial charge in [-0.15, -0.1) is 0 Å². The summed E-state index contributed by atoms with van der Waals surface area (Å²) >= 11 is 0. The average Bonchev–Trinajstić information content (AvgIpc) is 2.55. The molecule has 0 bridgehead atoms. The first-order chi connectivity index (χ1) is 6.24. The van der Waals surface area contributed by atoms with Gasteiger partial charge < -0.3 is 4.98 Å². The topological polar surface area (TPSA) is 32.9 Å². The minimum absolute atomic E-state index is 0.734. The third kappa shape index (κ3) is 1.06. The van der Waals surface area contributed by atoms with Crippen molar-refractivity contribution in [2.75, 3.05) is 0 Å². The van der Waals surface area contributed by atoms with Crippen molar-refractivity contribution in [3.8, 4) is 0 Å². The van der Waals surface area contributed by atoms with E-state index in [4.69, 9.17) is 0 Å². The summed E-state index contributed by atoms with van der Waals surface area (Å²) in [6, 6.07) is 4.02. The molecule has 1 aromatic carbocycles. The Morgan fingerprint density at radius 1 is 1.31 bits per heavy atom. The molecule has 0 saturated carbocycles. The summed E-state index contributed by atoms with van der Waals surface area (Å²) < 4.78 is 0. The monoisotopic (exact) mass is 173 g/mol. The molecule has 0 saturated heterocycles. The van der Waals surface area contributed by atoms with Crippen LogP contribution in [0.5, 0.6) is 0 Å². The Bertz CT molecular complexity index is 468. The molecule has 0 aliphatic rings. The Balaban J connectivity index is 2.88. The van der Waals surface area contributed by atoms with Crippen molar-refractivity contribution in [2.45, 2.75) is 13.8 Å². The molecule has 1 aromatic heterocycles. The lowest BCUT2D eigenvalue weighted by Gasteiger charge is -2.00. The van der Waals surface area contributed by atoms with Gasteiger partial charge in [0, 0.05) is 22.7 Å². The molecule has 0 radical (unpaired) electrons. The first-order valence-electron chi connectivity index (χ1n) is 4.26. The van der Waals surface area contributed by atoms with Crippen LogP contribution in [-0.2, 0) is 0 Å². The van der Waals surface area contributed by atoms with E-state index in [-0.39, 0.29) is 0 Å². The van der Waals surface area contributed by atoms with Gasteiger partial charge in [0.15, 0.2) is 6.29 Å². The first-order valence-corrected chi connectivity index (χ1v) is 4.26.